The second-order valence-corrected chi connectivity index (χ2v) is 3.18. The summed E-state index contributed by atoms with van der Waals surface area (Å²) in [7, 11) is 0. The average Bonchev–Trinajstić information content (AvgIpc) is 2.08. The molecule has 3 N–H and O–H groups in total. The minimum atomic E-state index is -0.992. The maximum atomic E-state index is 10.6. The van der Waals surface area contributed by atoms with Gasteiger partial charge in [-0.05, 0) is 25.0 Å². The van der Waals surface area contributed by atoms with Crippen molar-refractivity contribution in [3.05, 3.63) is 34.9 Å². The van der Waals surface area contributed by atoms with Crippen molar-refractivity contribution in [1.29, 1.82) is 0 Å². The number of rotatable bonds is 2. The molecule has 0 aromatic heterocycles. The molecule has 0 saturated carbocycles. The van der Waals surface area contributed by atoms with E-state index in [1.54, 1.807) is 0 Å². The van der Waals surface area contributed by atoms with Gasteiger partial charge in [-0.2, -0.15) is 0 Å². The Bertz CT molecular complexity index is 334. The van der Waals surface area contributed by atoms with Crippen molar-refractivity contribution in [2.45, 2.75) is 19.9 Å². The summed E-state index contributed by atoms with van der Waals surface area (Å²) in [5.41, 5.74) is 8.14. The highest BCUT2D eigenvalue weighted by atomic mass is 16.4. The van der Waals surface area contributed by atoms with E-state index in [1.807, 2.05) is 32.0 Å². The molecule has 0 aliphatic carbocycles. The van der Waals surface area contributed by atoms with E-state index in [1.165, 1.54) is 0 Å². The Kier molecular flexibility index (Phi) is 2.68. The molecule has 1 aromatic carbocycles. The summed E-state index contributed by atoms with van der Waals surface area (Å²) < 4.78 is 0. The number of carboxylic acids is 1. The van der Waals surface area contributed by atoms with Crippen molar-refractivity contribution < 1.29 is 9.90 Å². The van der Waals surface area contributed by atoms with Gasteiger partial charge in [-0.15, -0.1) is 0 Å². The van der Waals surface area contributed by atoms with Crippen molar-refractivity contribution in [2.24, 2.45) is 5.73 Å². The SMILES string of the molecule is Cc1ccc(C)c(C(N)C(=O)O)c1. The van der Waals surface area contributed by atoms with E-state index in [0.29, 0.717) is 5.56 Å². The van der Waals surface area contributed by atoms with E-state index >= 15 is 0 Å². The standard InChI is InChI=1S/C10H13NO2/c1-6-3-4-7(2)8(5-6)9(11)10(12)13/h3-5,9H,11H2,1-2H3,(H,12,13). The number of nitrogens with two attached hydrogens (primary N) is 1. The molecule has 0 spiro atoms. The maximum absolute atomic E-state index is 10.6. The molecule has 1 aromatic rings. The van der Waals surface area contributed by atoms with Crippen LogP contribution in [0.3, 0.4) is 0 Å². The van der Waals surface area contributed by atoms with E-state index < -0.39 is 12.0 Å². The summed E-state index contributed by atoms with van der Waals surface area (Å²) in [4.78, 5) is 10.6. The van der Waals surface area contributed by atoms with Gasteiger partial charge in [-0.1, -0.05) is 23.8 Å². The third kappa shape index (κ3) is 2.06. The van der Waals surface area contributed by atoms with Crippen LogP contribution in [0.25, 0.3) is 0 Å². The largest absolute Gasteiger partial charge is 0.480 e. The Balaban J connectivity index is 3.12. The van der Waals surface area contributed by atoms with Gasteiger partial charge in [0.1, 0.15) is 6.04 Å². The van der Waals surface area contributed by atoms with Crippen LogP contribution >= 0.6 is 0 Å². The van der Waals surface area contributed by atoms with Crippen LogP contribution in [0.5, 0.6) is 0 Å². The fraction of sp³-hybridized carbons (Fsp3) is 0.300. The van der Waals surface area contributed by atoms with Crippen LogP contribution in [-0.4, -0.2) is 11.1 Å². The molecule has 0 saturated heterocycles. The third-order valence-corrected chi connectivity index (χ3v) is 2.04. The molecule has 1 unspecified atom stereocenters. The number of benzene rings is 1. The van der Waals surface area contributed by atoms with Gasteiger partial charge >= 0.3 is 5.97 Å². The zero-order chi connectivity index (χ0) is 10.0. The fourth-order valence-corrected chi connectivity index (χ4v) is 1.23. The molecule has 1 rings (SSSR count). The van der Waals surface area contributed by atoms with Gasteiger partial charge in [0.15, 0.2) is 0 Å². The van der Waals surface area contributed by atoms with Gasteiger partial charge in [0.05, 0.1) is 0 Å². The minimum Gasteiger partial charge on any atom is -0.480 e. The molecule has 0 aliphatic heterocycles. The van der Waals surface area contributed by atoms with Crippen molar-refractivity contribution in [3.63, 3.8) is 0 Å². The Morgan fingerprint density at radius 2 is 2.08 bits per heavy atom. The Morgan fingerprint density at radius 1 is 1.46 bits per heavy atom. The molecule has 0 fully saturated rings. The van der Waals surface area contributed by atoms with Crippen LogP contribution in [-0.2, 0) is 4.79 Å². The van der Waals surface area contributed by atoms with Gasteiger partial charge in [-0.25, -0.2) is 0 Å². The molecule has 13 heavy (non-hydrogen) atoms. The highest BCUT2D eigenvalue weighted by Crippen LogP contribution is 2.17. The van der Waals surface area contributed by atoms with Gasteiger partial charge in [-0.3, -0.25) is 4.79 Å². The first-order chi connectivity index (χ1) is 6.02. The number of aliphatic carboxylic acids is 1. The van der Waals surface area contributed by atoms with Crippen molar-refractivity contribution in [3.8, 4) is 0 Å². The molecule has 70 valence electrons. The zero-order valence-corrected chi connectivity index (χ0v) is 7.74. The average molecular weight is 179 g/mol. The highest BCUT2D eigenvalue weighted by molar-refractivity contribution is 5.75. The lowest BCUT2D eigenvalue weighted by molar-refractivity contribution is -0.138. The van der Waals surface area contributed by atoms with Gasteiger partial charge in [0.2, 0.25) is 0 Å². The van der Waals surface area contributed by atoms with E-state index in [4.69, 9.17) is 10.8 Å². The first-order valence-electron chi connectivity index (χ1n) is 4.08. The van der Waals surface area contributed by atoms with Crippen LogP contribution in [0.1, 0.15) is 22.7 Å². The molecule has 0 heterocycles. The highest BCUT2D eigenvalue weighted by Gasteiger charge is 2.15. The lowest BCUT2D eigenvalue weighted by atomic mass is 10.00. The van der Waals surface area contributed by atoms with Crippen molar-refractivity contribution in [1.82, 2.24) is 0 Å². The first-order valence-corrected chi connectivity index (χ1v) is 4.08. The summed E-state index contributed by atoms with van der Waals surface area (Å²) in [6, 6.07) is 4.72. The quantitative estimate of drug-likeness (QED) is 0.721. The van der Waals surface area contributed by atoms with E-state index in [-0.39, 0.29) is 0 Å². The smallest absolute Gasteiger partial charge is 0.325 e. The molecule has 0 radical (unpaired) electrons. The molecule has 3 heteroatoms. The molecule has 1 atom stereocenters. The Hall–Kier alpha value is -1.35. The van der Waals surface area contributed by atoms with Gasteiger partial charge in [0, 0.05) is 0 Å². The topological polar surface area (TPSA) is 63.3 Å². The lowest BCUT2D eigenvalue weighted by Crippen LogP contribution is -2.21. The molecule has 0 bridgehead atoms. The summed E-state index contributed by atoms with van der Waals surface area (Å²) in [5.74, 6) is -0.992. The second kappa shape index (κ2) is 3.58. The fourth-order valence-electron chi connectivity index (χ4n) is 1.23. The summed E-state index contributed by atoms with van der Waals surface area (Å²) in [5, 5.41) is 8.73. The number of hydrogen-bond acceptors (Lipinski definition) is 2. The summed E-state index contributed by atoms with van der Waals surface area (Å²) in [6.45, 7) is 3.77. The predicted octanol–water partition coefficient (Wildman–Crippen LogP) is 1.39. The first kappa shape index (κ1) is 9.74. The van der Waals surface area contributed by atoms with Crippen LogP contribution in [0.15, 0.2) is 18.2 Å². The normalized spacial score (nSPS) is 12.5. The molecule has 0 aliphatic rings. The minimum absolute atomic E-state index is 0.688. The van der Waals surface area contributed by atoms with Crippen LogP contribution in [0.4, 0.5) is 0 Å². The molecular formula is C10H13NO2. The van der Waals surface area contributed by atoms with E-state index in [0.717, 1.165) is 11.1 Å². The molecule has 3 nitrogen and oxygen atoms in total. The van der Waals surface area contributed by atoms with Gasteiger partial charge < -0.3 is 10.8 Å². The second-order valence-electron chi connectivity index (χ2n) is 3.18. The Labute approximate surface area is 77.2 Å². The predicted molar refractivity (Wildman–Crippen MR) is 50.5 cm³/mol. The maximum Gasteiger partial charge on any atom is 0.325 e. The van der Waals surface area contributed by atoms with Crippen molar-refractivity contribution >= 4 is 5.97 Å². The molecular weight excluding hydrogens is 166 g/mol. The van der Waals surface area contributed by atoms with E-state index in [9.17, 15) is 4.79 Å². The zero-order valence-electron chi connectivity index (χ0n) is 7.74. The lowest BCUT2D eigenvalue weighted by Gasteiger charge is -2.10. The summed E-state index contributed by atoms with van der Waals surface area (Å²) in [6.07, 6.45) is 0. The monoisotopic (exact) mass is 179 g/mol. The third-order valence-electron chi connectivity index (χ3n) is 2.04. The van der Waals surface area contributed by atoms with E-state index in [2.05, 4.69) is 0 Å². The molecule has 0 amide bonds. The van der Waals surface area contributed by atoms with Crippen LogP contribution in [0, 0.1) is 13.8 Å². The summed E-state index contributed by atoms with van der Waals surface area (Å²) >= 11 is 0. The van der Waals surface area contributed by atoms with Crippen LogP contribution < -0.4 is 5.73 Å². The van der Waals surface area contributed by atoms with Gasteiger partial charge in [0.25, 0.3) is 0 Å². The van der Waals surface area contributed by atoms with Crippen molar-refractivity contribution in [2.75, 3.05) is 0 Å². The number of hydrogen-bond donors (Lipinski definition) is 2. The number of aryl methyl sites for hydroxylation is 2. The number of carboxylic acid groups (broad SMARTS) is 1. The van der Waals surface area contributed by atoms with Crippen LogP contribution in [0.2, 0.25) is 0 Å². The number of carbonyl (C=O) groups is 1. The Morgan fingerprint density at radius 3 is 2.62 bits per heavy atom.